The van der Waals surface area contributed by atoms with Gasteiger partial charge in [-0.15, -0.1) is 0 Å². The molecule has 0 aliphatic heterocycles. The fourth-order valence-electron chi connectivity index (χ4n) is 2.49. The van der Waals surface area contributed by atoms with Crippen molar-refractivity contribution in [2.75, 3.05) is 19.0 Å². The van der Waals surface area contributed by atoms with Gasteiger partial charge in [-0.2, -0.15) is 5.10 Å². The van der Waals surface area contributed by atoms with Crippen LogP contribution in [0.4, 0.5) is 5.69 Å². The van der Waals surface area contributed by atoms with Gasteiger partial charge in [-0.25, -0.2) is 0 Å². The van der Waals surface area contributed by atoms with Crippen molar-refractivity contribution in [2.24, 2.45) is 0 Å². The Bertz CT molecular complexity index is 749. The van der Waals surface area contributed by atoms with Crippen molar-refractivity contribution in [2.45, 2.75) is 13.1 Å². The number of rotatable bonds is 6. The lowest BCUT2D eigenvalue weighted by atomic mass is 10.1. The van der Waals surface area contributed by atoms with Crippen LogP contribution in [0.2, 0.25) is 0 Å². The molecule has 0 radical (unpaired) electrons. The van der Waals surface area contributed by atoms with Crippen LogP contribution < -0.4 is 10.2 Å². The van der Waals surface area contributed by atoms with Crippen molar-refractivity contribution in [1.82, 2.24) is 20.5 Å². The van der Waals surface area contributed by atoms with E-state index in [0.717, 1.165) is 29.9 Å². The molecule has 118 valence electrons. The van der Waals surface area contributed by atoms with Crippen LogP contribution in [0.25, 0.3) is 11.3 Å². The number of nitrogens with zero attached hydrogens (tertiary/aromatic N) is 3. The Morgan fingerprint density at radius 1 is 1.09 bits per heavy atom. The first kappa shape index (κ1) is 15.2. The third-order valence-electron chi connectivity index (χ3n) is 3.74. The molecule has 1 aromatic carbocycles. The van der Waals surface area contributed by atoms with E-state index in [9.17, 15) is 0 Å². The van der Waals surface area contributed by atoms with Gasteiger partial charge in [0.25, 0.3) is 0 Å². The van der Waals surface area contributed by atoms with Gasteiger partial charge in [-0.1, -0.05) is 12.1 Å². The summed E-state index contributed by atoms with van der Waals surface area (Å²) in [5, 5.41) is 10.7. The average molecular weight is 307 g/mol. The van der Waals surface area contributed by atoms with Crippen molar-refractivity contribution in [3.63, 3.8) is 0 Å². The zero-order valence-corrected chi connectivity index (χ0v) is 13.5. The summed E-state index contributed by atoms with van der Waals surface area (Å²) in [5.74, 6) is 0. The summed E-state index contributed by atoms with van der Waals surface area (Å²) in [5.41, 5.74) is 5.69. The maximum Gasteiger partial charge on any atom is 0.0710 e. The maximum atomic E-state index is 4.16. The molecule has 0 bridgehead atoms. The Morgan fingerprint density at radius 3 is 2.78 bits per heavy atom. The predicted octanol–water partition coefficient (Wildman–Crippen LogP) is 2.83. The standard InChI is InChI=1S/C18H21N5/c1-23(2)17-7-3-5-14(9-17)10-20-12-16-13-21-22-18(16)15-6-4-8-19-11-15/h3-9,11,13,20H,10,12H2,1-2H3,(H,21,22). The highest BCUT2D eigenvalue weighted by molar-refractivity contribution is 5.61. The topological polar surface area (TPSA) is 56.8 Å². The molecule has 5 nitrogen and oxygen atoms in total. The number of hydrogen-bond acceptors (Lipinski definition) is 4. The molecule has 0 unspecified atom stereocenters. The molecule has 0 spiro atoms. The first-order valence-electron chi connectivity index (χ1n) is 7.63. The summed E-state index contributed by atoms with van der Waals surface area (Å²) < 4.78 is 0. The van der Waals surface area contributed by atoms with Gasteiger partial charge in [0, 0.05) is 56.4 Å². The van der Waals surface area contributed by atoms with Crippen molar-refractivity contribution in [3.8, 4) is 11.3 Å². The van der Waals surface area contributed by atoms with Crippen LogP contribution in [-0.4, -0.2) is 29.3 Å². The minimum absolute atomic E-state index is 0.757. The highest BCUT2D eigenvalue weighted by Gasteiger charge is 2.07. The second-order valence-corrected chi connectivity index (χ2v) is 5.68. The van der Waals surface area contributed by atoms with E-state index in [1.807, 2.05) is 24.5 Å². The number of aromatic amines is 1. The summed E-state index contributed by atoms with van der Waals surface area (Å²) in [6, 6.07) is 12.5. The Morgan fingerprint density at radius 2 is 2.00 bits per heavy atom. The third-order valence-corrected chi connectivity index (χ3v) is 3.74. The summed E-state index contributed by atoms with van der Waals surface area (Å²) in [7, 11) is 4.11. The van der Waals surface area contributed by atoms with Crippen molar-refractivity contribution in [3.05, 3.63) is 66.1 Å². The third kappa shape index (κ3) is 3.76. The van der Waals surface area contributed by atoms with Crippen LogP contribution in [0.3, 0.4) is 0 Å². The SMILES string of the molecule is CN(C)c1cccc(CNCc2cn[nH]c2-c2cccnc2)c1. The minimum Gasteiger partial charge on any atom is -0.378 e. The molecule has 2 N–H and O–H groups in total. The van der Waals surface area contributed by atoms with Crippen molar-refractivity contribution in [1.29, 1.82) is 0 Å². The molecular formula is C18H21N5. The molecule has 0 saturated carbocycles. The highest BCUT2D eigenvalue weighted by Crippen LogP contribution is 2.20. The van der Waals surface area contributed by atoms with Gasteiger partial charge in [-0.3, -0.25) is 10.1 Å². The van der Waals surface area contributed by atoms with Gasteiger partial charge in [0.1, 0.15) is 0 Å². The molecule has 3 aromatic rings. The number of hydrogen-bond donors (Lipinski definition) is 2. The molecule has 0 atom stereocenters. The van der Waals surface area contributed by atoms with Gasteiger partial charge in [0.15, 0.2) is 0 Å². The molecule has 2 aromatic heterocycles. The van der Waals surface area contributed by atoms with Crippen LogP contribution in [0.5, 0.6) is 0 Å². The smallest absolute Gasteiger partial charge is 0.0710 e. The average Bonchev–Trinajstić information content (AvgIpc) is 3.04. The number of pyridine rings is 1. The summed E-state index contributed by atoms with van der Waals surface area (Å²) in [6.45, 7) is 1.58. The zero-order chi connectivity index (χ0) is 16.1. The zero-order valence-electron chi connectivity index (χ0n) is 13.5. The largest absolute Gasteiger partial charge is 0.378 e. The molecule has 0 aliphatic carbocycles. The van der Waals surface area contributed by atoms with Crippen molar-refractivity contribution >= 4 is 5.69 Å². The first-order valence-corrected chi connectivity index (χ1v) is 7.63. The van der Waals surface area contributed by atoms with E-state index in [1.54, 1.807) is 6.20 Å². The summed E-state index contributed by atoms with van der Waals surface area (Å²) >= 11 is 0. The molecular weight excluding hydrogens is 286 g/mol. The van der Waals surface area contributed by atoms with Crippen LogP contribution in [0.1, 0.15) is 11.1 Å². The van der Waals surface area contributed by atoms with E-state index < -0.39 is 0 Å². The van der Waals surface area contributed by atoms with Gasteiger partial charge in [0.05, 0.1) is 11.9 Å². The molecule has 0 fully saturated rings. The molecule has 0 amide bonds. The molecule has 5 heteroatoms. The fourth-order valence-corrected chi connectivity index (χ4v) is 2.49. The molecule has 23 heavy (non-hydrogen) atoms. The van der Waals surface area contributed by atoms with Gasteiger partial charge < -0.3 is 10.2 Å². The second-order valence-electron chi connectivity index (χ2n) is 5.68. The highest BCUT2D eigenvalue weighted by atomic mass is 15.1. The van der Waals surface area contributed by atoms with Crippen LogP contribution in [0.15, 0.2) is 55.0 Å². The van der Waals surface area contributed by atoms with Crippen LogP contribution in [0, 0.1) is 0 Å². The first-order chi connectivity index (χ1) is 11.2. The van der Waals surface area contributed by atoms with E-state index in [1.165, 1.54) is 11.3 Å². The van der Waals surface area contributed by atoms with E-state index in [0.29, 0.717) is 0 Å². The lowest BCUT2D eigenvalue weighted by molar-refractivity contribution is 0.694. The van der Waals surface area contributed by atoms with Crippen molar-refractivity contribution < 1.29 is 0 Å². The Hall–Kier alpha value is -2.66. The number of H-pyrrole nitrogens is 1. The summed E-state index contributed by atoms with van der Waals surface area (Å²) in [6.07, 6.45) is 5.48. The van der Waals surface area contributed by atoms with Gasteiger partial charge >= 0.3 is 0 Å². The van der Waals surface area contributed by atoms with Gasteiger partial charge in [0.2, 0.25) is 0 Å². The molecule has 2 heterocycles. The Balaban J connectivity index is 1.64. The maximum absolute atomic E-state index is 4.16. The predicted molar refractivity (Wildman–Crippen MR) is 93.1 cm³/mol. The normalized spacial score (nSPS) is 10.7. The van der Waals surface area contributed by atoms with E-state index >= 15 is 0 Å². The van der Waals surface area contributed by atoms with Gasteiger partial charge in [-0.05, 0) is 29.8 Å². The van der Waals surface area contributed by atoms with Crippen LogP contribution >= 0.6 is 0 Å². The quantitative estimate of drug-likeness (QED) is 0.735. The van der Waals surface area contributed by atoms with E-state index in [2.05, 4.69) is 63.8 Å². The molecule has 0 aliphatic rings. The molecule has 0 saturated heterocycles. The van der Waals surface area contributed by atoms with Crippen LogP contribution in [-0.2, 0) is 13.1 Å². The number of anilines is 1. The van der Waals surface area contributed by atoms with E-state index in [-0.39, 0.29) is 0 Å². The number of benzene rings is 1. The lowest BCUT2D eigenvalue weighted by Crippen LogP contribution is -2.14. The van der Waals surface area contributed by atoms with E-state index in [4.69, 9.17) is 0 Å². The molecule has 3 rings (SSSR count). The minimum atomic E-state index is 0.757. The number of nitrogens with one attached hydrogen (secondary N) is 2. The Kier molecular flexibility index (Phi) is 4.68. The fraction of sp³-hybridized carbons (Fsp3) is 0.222. The lowest BCUT2D eigenvalue weighted by Gasteiger charge is -2.14. The second kappa shape index (κ2) is 7.07. The summed E-state index contributed by atoms with van der Waals surface area (Å²) in [4.78, 5) is 6.27. The Labute approximate surface area is 136 Å². The monoisotopic (exact) mass is 307 g/mol. The number of aromatic nitrogens is 3.